The lowest BCUT2D eigenvalue weighted by Crippen LogP contribution is -2.58. The minimum Gasteiger partial charge on any atom is -0.349 e. The second-order valence-corrected chi connectivity index (χ2v) is 6.78. The molecule has 2 fully saturated rings. The number of rotatable bonds is 3. The Labute approximate surface area is 119 Å². The first-order valence-electron chi connectivity index (χ1n) is 7.84. The summed E-state index contributed by atoms with van der Waals surface area (Å²) in [6, 6.07) is 8.63. The van der Waals surface area contributed by atoms with E-state index < -0.39 is 0 Å². The third-order valence-electron chi connectivity index (χ3n) is 5.72. The van der Waals surface area contributed by atoms with Crippen molar-refractivity contribution < 1.29 is 4.79 Å². The Morgan fingerprint density at radius 2 is 2.15 bits per heavy atom. The van der Waals surface area contributed by atoms with Crippen LogP contribution in [0.4, 0.5) is 0 Å². The van der Waals surface area contributed by atoms with Crippen molar-refractivity contribution in [2.75, 3.05) is 6.54 Å². The van der Waals surface area contributed by atoms with Gasteiger partial charge in [-0.25, -0.2) is 0 Å². The van der Waals surface area contributed by atoms with E-state index in [2.05, 4.69) is 29.6 Å². The summed E-state index contributed by atoms with van der Waals surface area (Å²) in [6.07, 6.45) is 5.58. The van der Waals surface area contributed by atoms with E-state index in [9.17, 15) is 4.79 Å². The molecule has 2 saturated carbocycles. The molecule has 3 heteroatoms. The first kappa shape index (κ1) is 12.4. The molecule has 3 atom stereocenters. The maximum absolute atomic E-state index is 12.6. The average Bonchev–Trinajstić information content (AvgIpc) is 3.17. The summed E-state index contributed by atoms with van der Waals surface area (Å²) in [6.45, 7) is 0.581. The standard InChI is InChI=1S/C17H22N2O/c18-10-17(8-3-9-17)19-16(20)15-13-7-6-11-4-1-2-5-12(11)14(13)15/h1-2,4-5,13-15H,3,6-10,18H2,(H,19,20). The highest BCUT2D eigenvalue weighted by molar-refractivity contribution is 5.85. The van der Waals surface area contributed by atoms with Crippen molar-refractivity contribution in [3.8, 4) is 0 Å². The number of carbonyl (C=O) groups excluding carboxylic acids is 1. The van der Waals surface area contributed by atoms with E-state index in [0.717, 1.165) is 25.7 Å². The molecular weight excluding hydrogens is 248 g/mol. The number of carbonyl (C=O) groups is 1. The van der Waals surface area contributed by atoms with Crippen LogP contribution in [0.1, 0.15) is 42.7 Å². The molecule has 20 heavy (non-hydrogen) atoms. The molecule has 0 spiro atoms. The minimum absolute atomic E-state index is 0.0810. The zero-order valence-electron chi connectivity index (χ0n) is 11.8. The molecule has 3 aliphatic carbocycles. The van der Waals surface area contributed by atoms with Gasteiger partial charge in [-0.2, -0.15) is 0 Å². The van der Waals surface area contributed by atoms with Crippen LogP contribution in [0.3, 0.4) is 0 Å². The lowest BCUT2D eigenvalue weighted by molar-refractivity contribution is -0.125. The number of nitrogens with one attached hydrogen (secondary N) is 1. The third-order valence-corrected chi connectivity index (χ3v) is 5.72. The highest BCUT2D eigenvalue weighted by Crippen LogP contribution is 2.60. The summed E-state index contributed by atoms with van der Waals surface area (Å²) in [5.74, 6) is 1.49. The van der Waals surface area contributed by atoms with E-state index >= 15 is 0 Å². The van der Waals surface area contributed by atoms with E-state index in [4.69, 9.17) is 5.73 Å². The number of hydrogen-bond donors (Lipinski definition) is 2. The fourth-order valence-corrected chi connectivity index (χ4v) is 4.25. The molecule has 1 aromatic carbocycles. The van der Waals surface area contributed by atoms with Gasteiger partial charge in [0.1, 0.15) is 0 Å². The van der Waals surface area contributed by atoms with Gasteiger partial charge in [0.15, 0.2) is 0 Å². The van der Waals surface area contributed by atoms with Gasteiger partial charge in [0.05, 0.1) is 5.54 Å². The molecule has 0 aliphatic heterocycles. The Morgan fingerprint density at radius 1 is 1.35 bits per heavy atom. The minimum atomic E-state index is -0.0810. The molecule has 0 heterocycles. The second-order valence-electron chi connectivity index (χ2n) is 6.78. The molecule has 1 aromatic rings. The Bertz CT molecular complexity index is 544. The number of fused-ring (bicyclic) bond motifs is 3. The lowest BCUT2D eigenvalue weighted by atomic mass is 9.76. The Morgan fingerprint density at radius 3 is 2.85 bits per heavy atom. The van der Waals surface area contributed by atoms with Gasteiger partial charge in [0.25, 0.3) is 0 Å². The highest BCUT2D eigenvalue weighted by Gasteiger charge is 2.58. The van der Waals surface area contributed by atoms with Crippen molar-refractivity contribution in [3.63, 3.8) is 0 Å². The maximum atomic E-state index is 12.6. The summed E-state index contributed by atoms with van der Waals surface area (Å²) in [7, 11) is 0. The fourth-order valence-electron chi connectivity index (χ4n) is 4.25. The third kappa shape index (κ3) is 1.72. The van der Waals surface area contributed by atoms with Crippen LogP contribution in [0.25, 0.3) is 0 Å². The van der Waals surface area contributed by atoms with E-state index in [1.165, 1.54) is 17.5 Å². The number of nitrogens with two attached hydrogens (primary N) is 1. The first-order chi connectivity index (χ1) is 9.74. The van der Waals surface area contributed by atoms with Crippen molar-refractivity contribution in [2.45, 2.75) is 43.6 Å². The molecule has 4 rings (SSSR count). The van der Waals surface area contributed by atoms with Crippen LogP contribution >= 0.6 is 0 Å². The molecule has 3 unspecified atom stereocenters. The molecule has 0 saturated heterocycles. The number of hydrogen-bond acceptors (Lipinski definition) is 2. The van der Waals surface area contributed by atoms with Gasteiger partial charge < -0.3 is 11.1 Å². The van der Waals surface area contributed by atoms with E-state index in [1.54, 1.807) is 0 Å². The molecule has 0 aromatic heterocycles. The van der Waals surface area contributed by atoms with Gasteiger partial charge in [0.2, 0.25) is 5.91 Å². The largest absolute Gasteiger partial charge is 0.349 e. The van der Waals surface area contributed by atoms with Crippen molar-refractivity contribution in [1.29, 1.82) is 0 Å². The predicted octanol–water partition coefficient (Wildman–Crippen LogP) is 1.96. The molecule has 1 amide bonds. The molecule has 0 radical (unpaired) electrons. The predicted molar refractivity (Wildman–Crippen MR) is 78.3 cm³/mol. The Hall–Kier alpha value is -1.35. The molecule has 3 aliphatic rings. The lowest BCUT2D eigenvalue weighted by Gasteiger charge is -2.41. The van der Waals surface area contributed by atoms with Crippen LogP contribution in [-0.2, 0) is 11.2 Å². The summed E-state index contributed by atoms with van der Waals surface area (Å²) < 4.78 is 0. The van der Waals surface area contributed by atoms with Gasteiger partial charge in [-0.3, -0.25) is 4.79 Å². The van der Waals surface area contributed by atoms with Crippen LogP contribution in [-0.4, -0.2) is 18.0 Å². The topological polar surface area (TPSA) is 55.1 Å². The van der Waals surface area contributed by atoms with E-state index in [1.807, 2.05) is 0 Å². The van der Waals surface area contributed by atoms with Crippen LogP contribution in [0.15, 0.2) is 24.3 Å². The highest BCUT2D eigenvalue weighted by atomic mass is 16.2. The van der Waals surface area contributed by atoms with Crippen molar-refractivity contribution in [3.05, 3.63) is 35.4 Å². The van der Waals surface area contributed by atoms with E-state index in [0.29, 0.717) is 18.4 Å². The van der Waals surface area contributed by atoms with Crippen molar-refractivity contribution in [2.24, 2.45) is 17.6 Å². The van der Waals surface area contributed by atoms with Gasteiger partial charge in [-0.15, -0.1) is 0 Å². The van der Waals surface area contributed by atoms with Gasteiger partial charge >= 0.3 is 0 Å². The fraction of sp³-hybridized carbons (Fsp3) is 0.588. The zero-order valence-corrected chi connectivity index (χ0v) is 11.8. The normalized spacial score (nSPS) is 32.5. The molecule has 3 nitrogen and oxygen atoms in total. The summed E-state index contributed by atoms with van der Waals surface area (Å²) >= 11 is 0. The summed E-state index contributed by atoms with van der Waals surface area (Å²) in [5.41, 5.74) is 8.63. The van der Waals surface area contributed by atoms with Gasteiger partial charge in [-0.05, 0) is 55.1 Å². The summed E-state index contributed by atoms with van der Waals surface area (Å²) in [4.78, 5) is 12.6. The van der Waals surface area contributed by atoms with E-state index in [-0.39, 0.29) is 17.4 Å². The average molecular weight is 270 g/mol. The summed E-state index contributed by atoms with van der Waals surface area (Å²) in [5, 5.41) is 3.26. The monoisotopic (exact) mass is 270 g/mol. The Balaban J connectivity index is 1.51. The molecule has 0 bridgehead atoms. The molecule has 106 valence electrons. The second kappa shape index (κ2) is 4.32. The van der Waals surface area contributed by atoms with Crippen molar-refractivity contribution in [1.82, 2.24) is 5.32 Å². The van der Waals surface area contributed by atoms with Gasteiger partial charge in [0, 0.05) is 12.5 Å². The van der Waals surface area contributed by atoms with Gasteiger partial charge in [-0.1, -0.05) is 24.3 Å². The number of benzene rings is 1. The smallest absolute Gasteiger partial charge is 0.224 e. The molecule has 3 N–H and O–H groups in total. The van der Waals surface area contributed by atoms with Crippen molar-refractivity contribution >= 4 is 5.91 Å². The zero-order chi connectivity index (χ0) is 13.7. The van der Waals surface area contributed by atoms with Crippen LogP contribution < -0.4 is 11.1 Å². The number of amides is 1. The SMILES string of the molecule is NCC1(NC(=O)C2C3CCc4ccccc4C32)CCC1. The van der Waals surface area contributed by atoms with Crippen LogP contribution in [0, 0.1) is 11.8 Å². The number of aryl methyl sites for hydroxylation is 1. The Kier molecular flexibility index (Phi) is 2.68. The quantitative estimate of drug-likeness (QED) is 0.882. The van der Waals surface area contributed by atoms with Crippen LogP contribution in [0.5, 0.6) is 0 Å². The maximum Gasteiger partial charge on any atom is 0.224 e. The molecular formula is C17H22N2O. The first-order valence-corrected chi connectivity index (χ1v) is 7.84. The van der Waals surface area contributed by atoms with Crippen LogP contribution in [0.2, 0.25) is 0 Å².